The van der Waals surface area contributed by atoms with Crippen molar-refractivity contribution in [3.63, 3.8) is 0 Å². The summed E-state index contributed by atoms with van der Waals surface area (Å²) < 4.78 is 0. The van der Waals surface area contributed by atoms with Gasteiger partial charge in [-0.3, -0.25) is 4.79 Å². The maximum Gasteiger partial charge on any atom is 0.227 e. The lowest BCUT2D eigenvalue weighted by Gasteiger charge is -2.37. The van der Waals surface area contributed by atoms with Crippen LogP contribution in [-0.4, -0.2) is 55.5 Å². The van der Waals surface area contributed by atoms with E-state index < -0.39 is 0 Å². The fourth-order valence-electron chi connectivity index (χ4n) is 2.48. The fraction of sp³-hybridized carbons (Fsp3) is 0.923. The zero-order valence-electron chi connectivity index (χ0n) is 11.6. The minimum absolute atomic E-state index is 0.0281. The Labute approximate surface area is 105 Å². The van der Waals surface area contributed by atoms with Crippen LogP contribution in [0.2, 0.25) is 0 Å². The zero-order chi connectivity index (χ0) is 13.0. The molecule has 17 heavy (non-hydrogen) atoms. The average Bonchev–Trinajstić information content (AvgIpc) is 2.29. The minimum atomic E-state index is -0.0281. The summed E-state index contributed by atoms with van der Waals surface area (Å²) in [5.41, 5.74) is 5.71. The van der Waals surface area contributed by atoms with Crippen LogP contribution in [0.15, 0.2) is 0 Å². The molecular weight excluding hydrogens is 214 g/mol. The Kier molecular flexibility index (Phi) is 5.40. The molecule has 1 aliphatic heterocycles. The lowest BCUT2D eigenvalue weighted by Crippen LogP contribution is -2.48. The molecule has 0 aromatic heterocycles. The Morgan fingerprint density at radius 2 is 1.94 bits per heavy atom. The molecule has 0 saturated carbocycles. The Hall–Kier alpha value is -0.610. The van der Waals surface area contributed by atoms with Gasteiger partial charge < -0.3 is 15.5 Å². The molecule has 4 heteroatoms. The summed E-state index contributed by atoms with van der Waals surface area (Å²) in [4.78, 5) is 16.6. The average molecular weight is 241 g/mol. The van der Waals surface area contributed by atoms with Gasteiger partial charge in [0.25, 0.3) is 0 Å². The second kappa shape index (κ2) is 6.36. The summed E-state index contributed by atoms with van der Waals surface area (Å²) >= 11 is 0. The van der Waals surface area contributed by atoms with Crippen LogP contribution < -0.4 is 5.73 Å². The first-order chi connectivity index (χ1) is 7.97. The number of carbonyl (C=O) groups excluding carboxylic acids is 1. The highest BCUT2D eigenvalue weighted by Gasteiger charge is 2.29. The first-order valence-electron chi connectivity index (χ1n) is 6.62. The normalized spacial score (nSPS) is 20.6. The SMILES string of the molecule is CC(C)C(CN)C(=O)N(C)C1CCN(C)CC1. The van der Waals surface area contributed by atoms with E-state index in [1.165, 1.54) is 0 Å². The van der Waals surface area contributed by atoms with Crippen LogP contribution in [0.25, 0.3) is 0 Å². The highest BCUT2D eigenvalue weighted by molar-refractivity contribution is 5.79. The standard InChI is InChI=1S/C13H27N3O/c1-10(2)12(9-14)13(17)16(4)11-5-7-15(3)8-6-11/h10-12H,5-9,14H2,1-4H3. The molecule has 0 aromatic carbocycles. The molecule has 1 rings (SSSR count). The monoisotopic (exact) mass is 241 g/mol. The topological polar surface area (TPSA) is 49.6 Å². The van der Waals surface area contributed by atoms with Gasteiger partial charge in [-0.1, -0.05) is 13.8 Å². The van der Waals surface area contributed by atoms with E-state index in [0.717, 1.165) is 25.9 Å². The number of hydrogen-bond acceptors (Lipinski definition) is 3. The Morgan fingerprint density at radius 1 is 1.41 bits per heavy atom. The molecule has 1 unspecified atom stereocenters. The van der Waals surface area contributed by atoms with Crippen molar-refractivity contribution < 1.29 is 4.79 Å². The van der Waals surface area contributed by atoms with Crippen molar-refractivity contribution in [2.24, 2.45) is 17.6 Å². The fourth-order valence-corrected chi connectivity index (χ4v) is 2.48. The molecule has 2 N–H and O–H groups in total. The van der Waals surface area contributed by atoms with Crippen molar-refractivity contribution >= 4 is 5.91 Å². The first kappa shape index (κ1) is 14.5. The molecule has 0 aromatic rings. The second-order valence-corrected chi connectivity index (χ2v) is 5.57. The summed E-state index contributed by atoms with van der Waals surface area (Å²) in [6.07, 6.45) is 2.16. The molecule has 0 radical (unpaired) electrons. The van der Waals surface area contributed by atoms with Gasteiger partial charge in [0.05, 0.1) is 5.92 Å². The highest BCUT2D eigenvalue weighted by Crippen LogP contribution is 2.19. The summed E-state index contributed by atoms with van der Waals surface area (Å²) in [6, 6.07) is 0.395. The van der Waals surface area contributed by atoms with Crippen molar-refractivity contribution in [3.05, 3.63) is 0 Å². The molecule has 1 atom stereocenters. The van der Waals surface area contributed by atoms with Crippen molar-refractivity contribution in [1.29, 1.82) is 0 Å². The number of nitrogens with two attached hydrogens (primary N) is 1. The molecule has 4 nitrogen and oxygen atoms in total. The van der Waals surface area contributed by atoms with Crippen molar-refractivity contribution in [2.75, 3.05) is 33.7 Å². The van der Waals surface area contributed by atoms with Gasteiger partial charge in [0.1, 0.15) is 0 Å². The number of hydrogen-bond donors (Lipinski definition) is 1. The Bertz CT molecular complexity index is 247. The number of carbonyl (C=O) groups is 1. The Morgan fingerprint density at radius 3 is 2.35 bits per heavy atom. The summed E-state index contributed by atoms with van der Waals surface area (Å²) in [5, 5.41) is 0. The van der Waals surface area contributed by atoms with Crippen LogP contribution in [0.4, 0.5) is 0 Å². The van der Waals surface area contributed by atoms with E-state index in [4.69, 9.17) is 5.73 Å². The summed E-state index contributed by atoms with van der Waals surface area (Å²) in [7, 11) is 4.07. The molecule has 1 heterocycles. The van der Waals surface area contributed by atoms with Gasteiger partial charge in [0.15, 0.2) is 0 Å². The van der Waals surface area contributed by atoms with Crippen LogP contribution >= 0.6 is 0 Å². The lowest BCUT2D eigenvalue weighted by molar-refractivity contribution is -0.138. The van der Waals surface area contributed by atoms with Gasteiger partial charge in [-0.15, -0.1) is 0 Å². The molecule has 1 saturated heterocycles. The van der Waals surface area contributed by atoms with Crippen LogP contribution in [0.5, 0.6) is 0 Å². The van der Waals surface area contributed by atoms with Gasteiger partial charge in [0.2, 0.25) is 5.91 Å². The molecule has 0 aliphatic carbocycles. The predicted octanol–water partition coefficient (Wildman–Crippen LogP) is 0.770. The molecule has 0 bridgehead atoms. The lowest BCUT2D eigenvalue weighted by atomic mass is 9.93. The van der Waals surface area contributed by atoms with E-state index in [2.05, 4.69) is 25.8 Å². The van der Waals surface area contributed by atoms with Gasteiger partial charge in [-0.05, 0) is 38.9 Å². The molecule has 1 amide bonds. The van der Waals surface area contributed by atoms with Gasteiger partial charge >= 0.3 is 0 Å². The third-order valence-corrected chi connectivity index (χ3v) is 3.96. The number of rotatable bonds is 4. The van der Waals surface area contributed by atoms with E-state index in [1.807, 2.05) is 11.9 Å². The van der Waals surface area contributed by atoms with Crippen LogP contribution in [0.1, 0.15) is 26.7 Å². The van der Waals surface area contributed by atoms with Gasteiger partial charge in [-0.25, -0.2) is 0 Å². The number of amides is 1. The number of nitrogens with zero attached hydrogens (tertiary/aromatic N) is 2. The molecule has 1 aliphatic rings. The van der Waals surface area contributed by atoms with Gasteiger partial charge in [0, 0.05) is 19.6 Å². The summed E-state index contributed by atoms with van der Waals surface area (Å²) in [6.45, 7) is 6.75. The van der Waals surface area contributed by atoms with Crippen LogP contribution in [0.3, 0.4) is 0 Å². The van der Waals surface area contributed by atoms with Crippen LogP contribution in [-0.2, 0) is 4.79 Å². The second-order valence-electron chi connectivity index (χ2n) is 5.57. The largest absolute Gasteiger partial charge is 0.342 e. The summed E-state index contributed by atoms with van der Waals surface area (Å²) in [5.74, 6) is 0.512. The molecular formula is C13H27N3O. The zero-order valence-corrected chi connectivity index (χ0v) is 11.6. The molecule has 0 spiro atoms. The Balaban J connectivity index is 2.56. The molecule has 1 fully saturated rings. The third-order valence-electron chi connectivity index (χ3n) is 3.96. The van der Waals surface area contributed by atoms with Crippen molar-refractivity contribution in [1.82, 2.24) is 9.80 Å². The van der Waals surface area contributed by atoms with Crippen molar-refractivity contribution in [2.45, 2.75) is 32.7 Å². The van der Waals surface area contributed by atoms with E-state index >= 15 is 0 Å². The van der Waals surface area contributed by atoms with E-state index in [-0.39, 0.29) is 11.8 Å². The maximum absolute atomic E-state index is 12.3. The maximum atomic E-state index is 12.3. The highest BCUT2D eigenvalue weighted by atomic mass is 16.2. The number of likely N-dealkylation sites (tertiary alicyclic amines) is 1. The predicted molar refractivity (Wildman–Crippen MR) is 70.7 cm³/mol. The minimum Gasteiger partial charge on any atom is -0.342 e. The van der Waals surface area contributed by atoms with E-state index in [1.54, 1.807) is 0 Å². The molecule has 100 valence electrons. The van der Waals surface area contributed by atoms with Crippen LogP contribution in [0, 0.1) is 11.8 Å². The smallest absolute Gasteiger partial charge is 0.227 e. The van der Waals surface area contributed by atoms with Gasteiger partial charge in [-0.2, -0.15) is 0 Å². The quantitative estimate of drug-likeness (QED) is 0.791. The third kappa shape index (κ3) is 3.68. The van der Waals surface area contributed by atoms with Crippen molar-refractivity contribution in [3.8, 4) is 0 Å². The van der Waals surface area contributed by atoms with E-state index in [0.29, 0.717) is 18.5 Å². The van der Waals surface area contributed by atoms with E-state index in [9.17, 15) is 4.79 Å². The number of piperidine rings is 1. The first-order valence-corrected chi connectivity index (χ1v) is 6.62.